The van der Waals surface area contributed by atoms with Crippen LogP contribution in [0.3, 0.4) is 0 Å². The van der Waals surface area contributed by atoms with Crippen molar-refractivity contribution in [3.05, 3.63) is 21.1 Å². The van der Waals surface area contributed by atoms with E-state index < -0.39 is 0 Å². The van der Waals surface area contributed by atoms with Crippen LogP contribution < -0.4 is 24.8 Å². The molecule has 3 heteroatoms. The number of hydrogen-bond donors (Lipinski definition) is 0. The second-order valence-electron chi connectivity index (χ2n) is 2.60. The van der Waals surface area contributed by atoms with E-state index in [9.17, 15) is 0 Å². The van der Waals surface area contributed by atoms with E-state index >= 15 is 0 Å². The second-order valence-corrected chi connectivity index (χ2v) is 3.54. The zero-order valence-corrected chi connectivity index (χ0v) is 10.5. The van der Waals surface area contributed by atoms with Crippen molar-refractivity contribution in [3.8, 4) is 0 Å². The minimum Gasteiger partial charge on any atom is -1.00 e. The summed E-state index contributed by atoms with van der Waals surface area (Å²) in [7, 11) is 0. The third-order valence-electron chi connectivity index (χ3n) is 2.04. The molecule has 1 aliphatic rings. The van der Waals surface area contributed by atoms with Crippen LogP contribution in [0.25, 0.3) is 0 Å². The van der Waals surface area contributed by atoms with E-state index in [-0.39, 0.29) is 24.8 Å². The van der Waals surface area contributed by atoms with Gasteiger partial charge in [-0.25, -0.2) is 0 Å². The Morgan fingerprint density at radius 1 is 1.25 bits per heavy atom. The Morgan fingerprint density at radius 3 is 2.17 bits per heavy atom. The molecular formula is C9H13Cl2Ti. The minimum atomic E-state index is 0. The standard InChI is InChI=1S/C9H13.2ClH.Ti/c1-3-8-6-5-7-9(8)4-2;;;/h6H,3-5H2,1-2H3;2*1H;/q;;;+2/p-2. The maximum atomic E-state index is 2.37. The van der Waals surface area contributed by atoms with Crippen molar-refractivity contribution in [1.82, 2.24) is 0 Å². The van der Waals surface area contributed by atoms with E-state index in [1.54, 1.807) is 15.0 Å². The molecule has 0 spiro atoms. The maximum Gasteiger partial charge on any atom is -1.00 e. The Bertz CT molecular complexity index is 195. The van der Waals surface area contributed by atoms with Gasteiger partial charge in [0.2, 0.25) is 0 Å². The maximum absolute atomic E-state index is 2.37. The molecule has 0 radical (unpaired) electrons. The van der Waals surface area contributed by atoms with Gasteiger partial charge in [-0.3, -0.25) is 0 Å². The molecule has 1 aliphatic carbocycles. The quantitative estimate of drug-likeness (QED) is 0.450. The summed E-state index contributed by atoms with van der Waals surface area (Å²) in [4.78, 5) is 0. The molecule has 0 aliphatic heterocycles. The fourth-order valence-corrected chi connectivity index (χ4v) is 2.15. The van der Waals surface area contributed by atoms with Gasteiger partial charge in [0.15, 0.2) is 0 Å². The Morgan fingerprint density at radius 2 is 1.83 bits per heavy atom. The summed E-state index contributed by atoms with van der Waals surface area (Å²) in [5, 5.41) is 0. The Balaban J connectivity index is 0. The van der Waals surface area contributed by atoms with E-state index in [4.69, 9.17) is 0 Å². The molecule has 0 heterocycles. The van der Waals surface area contributed by atoms with Crippen LogP contribution in [0.1, 0.15) is 33.1 Å². The third kappa shape index (κ3) is 3.26. The summed E-state index contributed by atoms with van der Waals surface area (Å²) >= 11 is 2.25. The molecule has 0 aromatic rings. The van der Waals surface area contributed by atoms with Crippen molar-refractivity contribution in [3.63, 3.8) is 0 Å². The van der Waals surface area contributed by atoms with Crippen molar-refractivity contribution < 1.29 is 45.2 Å². The van der Waals surface area contributed by atoms with Crippen LogP contribution in [0.5, 0.6) is 0 Å². The van der Waals surface area contributed by atoms with Gasteiger partial charge in [0.1, 0.15) is 0 Å². The molecule has 1 rings (SSSR count). The van der Waals surface area contributed by atoms with Crippen molar-refractivity contribution in [2.75, 3.05) is 0 Å². The fraction of sp³-hybridized carbons (Fsp3) is 0.556. The second kappa shape index (κ2) is 7.20. The molecule has 0 saturated carbocycles. The summed E-state index contributed by atoms with van der Waals surface area (Å²) < 4.78 is 1.58. The zero-order chi connectivity index (χ0) is 7.56. The molecule has 0 amide bonds. The van der Waals surface area contributed by atoms with Gasteiger partial charge < -0.3 is 24.8 Å². The van der Waals surface area contributed by atoms with Crippen molar-refractivity contribution in [1.29, 1.82) is 0 Å². The van der Waals surface area contributed by atoms with Crippen molar-refractivity contribution in [2.45, 2.75) is 33.1 Å². The van der Waals surface area contributed by atoms with E-state index in [2.05, 4.69) is 40.4 Å². The van der Waals surface area contributed by atoms with Crippen LogP contribution in [0.4, 0.5) is 0 Å². The van der Waals surface area contributed by atoms with E-state index in [1.807, 2.05) is 0 Å². The summed E-state index contributed by atoms with van der Waals surface area (Å²) in [6, 6.07) is 0. The van der Waals surface area contributed by atoms with Crippen LogP contribution in [-0.2, 0) is 20.4 Å². The van der Waals surface area contributed by atoms with Gasteiger partial charge in [0.25, 0.3) is 0 Å². The molecule has 0 unspecified atom stereocenters. The summed E-state index contributed by atoms with van der Waals surface area (Å²) in [5.74, 6) is 0. The predicted octanol–water partition coefficient (Wildman–Crippen LogP) is -3.05. The van der Waals surface area contributed by atoms with Crippen LogP contribution in [0.15, 0.2) is 21.1 Å². The van der Waals surface area contributed by atoms with Gasteiger partial charge in [0, 0.05) is 0 Å². The average Bonchev–Trinajstić information content (AvgIpc) is 2.30. The number of halogens is 2. The van der Waals surface area contributed by atoms with E-state index in [1.165, 1.54) is 19.3 Å². The molecule has 67 valence electrons. The molecule has 12 heavy (non-hydrogen) atoms. The normalized spacial score (nSPS) is 15.2. The van der Waals surface area contributed by atoms with E-state index in [0.717, 1.165) is 0 Å². The van der Waals surface area contributed by atoms with Gasteiger partial charge in [0.05, 0.1) is 0 Å². The average molecular weight is 240 g/mol. The summed E-state index contributed by atoms with van der Waals surface area (Å²) in [5.41, 5.74) is 3.20. The monoisotopic (exact) mass is 239 g/mol. The number of rotatable bonds is 2. The SMILES string of the molecule is CCC1=CC[C]([Ti+2])=C1CC.[Cl-].[Cl-]. The van der Waals surface area contributed by atoms with Gasteiger partial charge >= 0.3 is 74.6 Å². The third-order valence-corrected chi connectivity index (χ3v) is 2.83. The molecule has 0 aromatic carbocycles. The van der Waals surface area contributed by atoms with Crippen molar-refractivity contribution in [2.24, 2.45) is 0 Å². The first-order valence-corrected chi connectivity index (χ1v) is 4.70. The Kier molecular flexibility index (Phi) is 9.16. The van der Waals surface area contributed by atoms with Crippen LogP contribution >= 0.6 is 0 Å². The van der Waals surface area contributed by atoms with Gasteiger partial charge in [-0.15, -0.1) is 0 Å². The Hall–Kier alpha value is 0.774. The Labute approximate surface area is 99.1 Å². The van der Waals surface area contributed by atoms with Gasteiger partial charge in [-0.2, -0.15) is 0 Å². The summed E-state index contributed by atoms with van der Waals surface area (Å²) in [6.45, 7) is 4.48. The van der Waals surface area contributed by atoms with E-state index in [0.29, 0.717) is 0 Å². The van der Waals surface area contributed by atoms with Crippen LogP contribution in [0, 0.1) is 0 Å². The molecule has 0 nitrogen and oxygen atoms in total. The minimum absolute atomic E-state index is 0. The van der Waals surface area contributed by atoms with Crippen LogP contribution in [0.2, 0.25) is 0 Å². The fourth-order valence-electron chi connectivity index (χ4n) is 1.46. The largest absolute Gasteiger partial charge is 1.00 e. The van der Waals surface area contributed by atoms with Gasteiger partial charge in [-0.1, -0.05) is 0 Å². The first kappa shape index (κ1) is 15.3. The molecule has 0 bridgehead atoms. The summed E-state index contributed by atoms with van der Waals surface area (Å²) in [6.07, 6.45) is 5.99. The molecule has 0 atom stereocenters. The number of hydrogen-bond acceptors (Lipinski definition) is 0. The first-order valence-electron chi connectivity index (χ1n) is 3.92. The molecule has 0 fully saturated rings. The van der Waals surface area contributed by atoms with Crippen LogP contribution in [-0.4, -0.2) is 0 Å². The predicted molar refractivity (Wildman–Crippen MR) is 40.3 cm³/mol. The topological polar surface area (TPSA) is 0 Å². The molecule has 0 N–H and O–H groups in total. The first-order chi connectivity index (χ1) is 4.79. The van der Waals surface area contributed by atoms with Gasteiger partial charge in [-0.05, 0) is 0 Å². The van der Waals surface area contributed by atoms with Crippen molar-refractivity contribution >= 4 is 0 Å². The number of allylic oxidation sites excluding steroid dienone is 4. The molecule has 0 saturated heterocycles. The smallest absolute Gasteiger partial charge is 1.00 e. The molecule has 0 aromatic heterocycles. The molecular weight excluding hydrogens is 227 g/mol. The zero-order valence-electron chi connectivity index (χ0n) is 7.45.